The molecule has 1 unspecified atom stereocenters. The molecule has 2 N–H and O–H groups in total. The van der Waals surface area contributed by atoms with E-state index in [2.05, 4.69) is 35.2 Å². The standard InChI is InChI=1S/C28H37N3O/c29-28(15-19-31-18-6-8-22-7-5-9-23(28)25(22)31)14-13-26(24-10-1-4-17-30-24)16-20-32-27(21-26)11-2-3-12-27/h1,4-5,7,9-10,17H,2-3,6,8,11-16,18-21,29H2/t26-,28?/m1/s1. The largest absolute Gasteiger partial charge is 0.375 e. The highest BCUT2D eigenvalue weighted by Gasteiger charge is 2.49. The highest BCUT2D eigenvalue weighted by Crippen LogP contribution is 2.52. The van der Waals surface area contributed by atoms with Gasteiger partial charge in [0.1, 0.15) is 0 Å². The van der Waals surface area contributed by atoms with E-state index in [1.807, 2.05) is 12.3 Å². The van der Waals surface area contributed by atoms with E-state index in [4.69, 9.17) is 15.5 Å². The molecule has 3 aliphatic heterocycles. The molecule has 1 aromatic carbocycles. The Morgan fingerprint density at radius 3 is 2.69 bits per heavy atom. The van der Waals surface area contributed by atoms with Crippen molar-refractivity contribution in [1.82, 2.24) is 4.98 Å². The molecule has 0 amide bonds. The first-order chi connectivity index (χ1) is 15.6. The Labute approximate surface area is 192 Å². The van der Waals surface area contributed by atoms with Crippen LogP contribution in [-0.4, -0.2) is 30.3 Å². The van der Waals surface area contributed by atoms with Crippen molar-refractivity contribution in [3.63, 3.8) is 0 Å². The molecule has 2 fully saturated rings. The minimum absolute atomic E-state index is 0.0623. The second-order valence-corrected chi connectivity index (χ2v) is 11.0. The molecule has 4 heterocycles. The van der Waals surface area contributed by atoms with Gasteiger partial charge in [0.2, 0.25) is 0 Å². The summed E-state index contributed by atoms with van der Waals surface area (Å²) in [6.07, 6.45) is 14.7. The number of ether oxygens (including phenoxy) is 1. The number of aromatic nitrogens is 1. The van der Waals surface area contributed by atoms with Crippen molar-refractivity contribution in [2.45, 2.75) is 87.2 Å². The molecule has 0 bridgehead atoms. The molecule has 1 saturated carbocycles. The molecule has 4 nitrogen and oxygen atoms in total. The van der Waals surface area contributed by atoms with Crippen LogP contribution in [0.15, 0.2) is 42.6 Å². The summed E-state index contributed by atoms with van der Waals surface area (Å²) in [7, 11) is 0. The normalized spacial score (nSPS) is 31.0. The van der Waals surface area contributed by atoms with E-state index < -0.39 is 0 Å². The monoisotopic (exact) mass is 431 g/mol. The maximum Gasteiger partial charge on any atom is 0.0691 e. The Kier molecular flexibility index (Phi) is 5.07. The van der Waals surface area contributed by atoms with Crippen molar-refractivity contribution in [2.24, 2.45) is 5.73 Å². The van der Waals surface area contributed by atoms with Gasteiger partial charge in [-0.1, -0.05) is 37.1 Å². The van der Waals surface area contributed by atoms with E-state index in [0.29, 0.717) is 0 Å². The van der Waals surface area contributed by atoms with Crippen LogP contribution in [0.1, 0.15) is 81.0 Å². The van der Waals surface area contributed by atoms with Crippen LogP contribution >= 0.6 is 0 Å². The summed E-state index contributed by atoms with van der Waals surface area (Å²) in [6.45, 7) is 3.12. The fraction of sp³-hybridized carbons (Fsp3) is 0.607. The Balaban J connectivity index is 1.33. The highest BCUT2D eigenvalue weighted by atomic mass is 16.5. The molecular formula is C28H37N3O. The Morgan fingerprint density at radius 2 is 1.84 bits per heavy atom. The van der Waals surface area contributed by atoms with E-state index in [9.17, 15) is 0 Å². The van der Waals surface area contributed by atoms with Crippen molar-refractivity contribution < 1.29 is 4.74 Å². The Morgan fingerprint density at radius 1 is 0.938 bits per heavy atom. The molecule has 4 heteroatoms. The van der Waals surface area contributed by atoms with Gasteiger partial charge in [-0.15, -0.1) is 0 Å². The lowest BCUT2D eigenvalue weighted by molar-refractivity contribution is -0.105. The summed E-state index contributed by atoms with van der Waals surface area (Å²) in [5, 5.41) is 0. The SMILES string of the molecule is NC1(CC[C@@]2(c3ccccn3)CCOC3(CCCC3)C2)CCN2CCCc3cccc1c32. The zero-order valence-corrected chi connectivity index (χ0v) is 19.3. The number of anilines is 1. The van der Waals surface area contributed by atoms with Gasteiger partial charge in [-0.25, -0.2) is 0 Å². The van der Waals surface area contributed by atoms with Gasteiger partial charge in [0.05, 0.1) is 5.60 Å². The zero-order chi connectivity index (χ0) is 21.7. The van der Waals surface area contributed by atoms with Crippen LogP contribution in [0.3, 0.4) is 0 Å². The quantitative estimate of drug-likeness (QED) is 0.720. The van der Waals surface area contributed by atoms with Gasteiger partial charge in [0.25, 0.3) is 0 Å². The van der Waals surface area contributed by atoms with Crippen molar-refractivity contribution >= 4 is 5.69 Å². The van der Waals surface area contributed by atoms with Gasteiger partial charge in [-0.3, -0.25) is 4.98 Å². The first-order valence-corrected chi connectivity index (χ1v) is 12.8. The summed E-state index contributed by atoms with van der Waals surface area (Å²) in [4.78, 5) is 7.50. The number of hydrogen-bond donors (Lipinski definition) is 1. The topological polar surface area (TPSA) is 51.4 Å². The number of nitrogens with zero attached hydrogens (tertiary/aromatic N) is 2. The lowest BCUT2D eigenvalue weighted by Crippen LogP contribution is -2.50. The van der Waals surface area contributed by atoms with Crippen molar-refractivity contribution in [3.8, 4) is 0 Å². The van der Waals surface area contributed by atoms with E-state index in [-0.39, 0.29) is 16.6 Å². The predicted molar refractivity (Wildman–Crippen MR) is 129 cm³/mol. The molecule has 1 saturated heterocycles. The van der Waals surface area contributed by atoms with Crippen LogP contribution in [0.2, 0.25) is 0 Å². The van der Waals surface area contributed by atoms with Crippen molar-refractivity contribution in [3.05, 3.63) is 59.4 Å². The molecule has 4 aliphatic rings. The second-order valence-electron chi connectivity index (χ2n) is 11.0. The third-order valence-electron chi connectivity index (χ3n) is 9.10. The van der Waals surface area contributed by atoms with E-state index in [0.717, 1.165) is 45.3 Å². The lowest BCUT2D eigenvalue weighted by atomic mass is 9.64. The third-order valence-corrected chi connectivity index (χ3v) is 9.10. The van der Waals surface area contributed by atoms with E-state index in [1.165, 1.54) is 67.6 Å². The molecule has 1 aromatic heterocycles. The first-order valence-electron chi connectivity index (χ1n) is 12.8. The summed E-state index contributed by atoms with van der Waals surface area (Å²) < 4.78 is 6.46. The van der Waals surface area contributed by atoms with Crippen LogP contribution in [0.25, 0.3) is 0 Å². The highest BCUT2D eigenvalue weighted by molar-refractivity contribution is 5.65. The number of benzene rings is 1. The van der Waals surface area contributed by atoms with Gasteiger partial charge in [0.15, 0.2) is 0 Å². The summed E-state index contributed by atoms with van der Waals surface area (Å²) in [5.41, 5.74) is 12.8. The van der Waals surface area contributed by atoms with E-state index in [1.54, 1.807) is 0 Å². The molecule has 1 spiro atoms. The van der Waals surface area contributed by atoms with Gasteiger partial charge in [-0.2, -0.15) is 0 Å². The molecule has 170 valence electrons. The summed E-state index contributed by atoms with van der Waals surface area (Å²) in [6, 6.07) is 13.3. The smallest absolute Gasteiger partial charge is 0.0691 e. The Bertz CT molecular complexity index is 970. The minimum Gasteiger partial charge on any atom is -0.375 e. The number of para-hydroxylation sites is 1. The fourth-order valence-electron chi connectivity index (χ4n) is 7.35. The predicted octanol–water partition coefficient (Wildman–Crippen LogP) is 5.23. The molecule has 6 rings (SSSR count). The zero-order valence-electron chi connectivity index (χ0n) is 19.3. The lowest BCUT2D eigenvalue weighted by Gasteiger charge is -2.49. The number of rotatable bonds is 4. The summed E-state index contributed by atoms with van der Waals surface area (Å²) >= 11 is 0. The molecule has 1 aliphatic carbocycles. The van der Waals surface area contributed by atoms with Gasteiger partial charge in [-0.05, 0) is 81.0 Å². The molecule has 32 heavy (non-hydrogen) atoms. The molecule has 0 radical (unpaired) electrons. The van der Waals surface area contributed by atoms with Gasteiger partial charge >= 0.3 is 0 Å². The molecular weight excluding hydrogens is 394 g/mol. The maximum atomic E-state index is 7.30. The van der Waals surface area contributed by atoms with Crippen molar-refractivity contribution in [2.75, 3.05) is 24.6 Å². The number of hydrogen-bond acceptors (Lipinski definition) is 4. The average molecular weight is 432 g/mol. The first kappa shape index (κ1) is 20.7. The van der Waals surface area contributed by atoms with Crippen LogP contribution in [0, 0.1) is 0 Å². The van der Waals surface area contributed by atoms with Gasteiger partial charge < -0.3 is 15.4 Å². The molecule has 2 atom stereocenters. The Hall–Kier alpha value is -1.91. The van der Waals surface area contributed by atoms with Crippen molar-refractivity contribution in [1.29, 1.82) is 0 Å². The minimum atomic E-state index is -0.248. The van der Waals surface area contributed by atoms with Crippen LogP contribution in [-0.2, 0) is 22.1 Å². The molecule has 2 aromatic rings. The van der Waals surface area contributed by atoms with Crippen LogP contribution < -0.4 is 10.6 Å². The average Bonchev–Trinajstić information content (AvgIpc) is 3.28. The number of nitrogens with two attached hydrogens (primary N) is 1. The third kappa shape index (κ3) is 3.38. The van der Waals surface area contributed by atoms with Crippen LogP contribution in [0.5, 0.6) is 0 Å². The number of aryl methyl sites for hydroxylation is 1. The fourth-order valence-corrected chi connectivity index (χ4v) is 7.35. The maximum absolute atomic E-state index is 7.30. The summed E-state index contributed by atoms with van der Waals surface area (Å²) in [5.74, 6) is 0. The van der Waals surface area contributed by atoms with Crippen LogP contribution in [0.4, 0.5) is 5.69 Å². The van der Waals surface area contributed by atoms with Gasteiger partial charge in [0, 0.05) is 48.2 Å². The van der Waals surface area contributed by atoms with E-state index >= 15 is 0 Å². The number of pyridine rings is 1. The second kappa shape index (κ2) is 7.85.